The van der Waals surface area contributed by atoms with Crippen molar-refractivity contribution in [1.29, 1.82) is 0 Å². The van der Waals surface area contributed by atoms with Gasteiger partial charge in [0.1, 0.15) is 0 Å². The van der Waals surface area contributed by atoms with Gasteiger partial charge in [0.2, 0.25) is 0 Å². The molecular weight excluding hydrogens is 194 g/mol. The highest BCUT2D eigenvalue weighted by atomic mass is 32.2. The molecule has 14 heavy (non-hydrogen) atoms. The molecule has 1 atom stereocenters. The molecule has 0 saturated heterocycles. The van der Waals surface area contributed by atoms with E-state index >= 15 is 0 Å². The number of benzene rings is 1. The molecule has 1 aliphatic rings. The van der Waals surface area contributed by atoms with E-state index in [2.05, 4.69) is 13.0 Å². The standard InChI is InChI=1S/C11H13NOS/c1-2-14-7-3-4-8-9(5-7)10(12)6-11(8)13/h3-5,10H,2,6,12H2,1H3. The second-order valence-electron chi connectivity index (χ2n) is 3.42. The summed E-state index contributed by atoms with van der Waals surface area (Å²) < 4.78 is 0. The van der Waals surface area contributed by atoms with Gasteiger partial charge in [-0.15, -0.1) is 11.8 Å². The lowest BCUT2D eigenvalue weighted by Crippen LogP contribution is -2.05. The third-order valence-electron chi connectivity index (χ3n) is 2.44. The topological polar surface area (TPSA) is 43.1 Å². The van der Waals surface area contributed by atoms with Crippen LogP contribution in [0.15, 0.2) is 23.1 Å². The number of hydrogen-bond acceptors (Lipinski definition) is 3. The van der Waals surface area contributed by atoms with E-state index in [-0.39, 0.29) is 11.8 Å². The zero-order chi connectivity index (χ0) is 10.1. The van der Waals surface area contributed by atoms with E-state index < -0.39 is 0 Å². The van der Waals surface area contributed by atoms with Crippen LogP contribution in [0.25, 0.3) is 0 Å². The van der Waals surface area contributed by atoms with E-state index in [0.29, 0.717) is 6.42 Å². The van der Waals surface area contributed by atoms with Gasteiger partial charge in [-0.05, 0) is 29.5 Å². The zero-order valence-electron chi connectivity index (χ0n) is 8.12. The second-order valence-corrected chi connectivity index (χ2v) is 4.75. The molecular formula is C11H13NOS. The van der Waals surface area contributed by atoms with Gasteiger partial charge < -0.3 is 5.73 Å². The molecule has 0 bridgehead atoms. The fourth-order valence-electron chi connectivity index (χ4n) is 1.78. The number of rotatable bonds is 2. The largest absolute Gasteiger partial charge is 0.324 e. The fraction of sp³-hybridized carbons (Fsp3) is 0.364. The third-order valence-corrected chi connectivity index (χ3v) is 3.32. The first-order valence-corrected chi connectivity index (χ1v) is 5.76. The van der Waals surface area contributed by atoms with Gasteiger partial charge in [0.05, 0.1) is 0 Å². The Kier molecular flexibility index (Phi) is 2.61. The van der Waals surface area contributed by atoms with Gasteiger partial charge in [0.15, 0.2) is 5.78 Å². The normalized spacial score (nSPS) is 19.9. The molecule has 0 saturated carbocycles. The van der Waals surface area contributed by atoms with E-state index in [1.54, 1.807) is 11.8 Å². The molecule has 0 radical (unpaired) electrons. The maximum absolute atomic E-state index is 11.5. The molecule has 0 aliphatic heterocycles. The van der Waals surface area contributed by atoms with Gasteiger partial charge in [-0.2, -0.15) is 0 Å². The van der Waals surface area contributed by atoms with Crippen LogP contribution in [0, 0.1) is 0 Å². The van der Waals surface area contributed by atoms with Crippen molar-refractivity contribution in [3.63, 3.8) is 0 Å². The molecule has 0 fully saturated rings. The van der Waals surface area contributed by atoms with Gasteiger partial charge in [0.25, 0.3) is 0 Å². The van der Waals surface area contributed by atoms with Crippen LogP contribution in [0.1, 0.15) is 35.3 Å². The van der Waals surface area contributed by atoms with E-state index in [1.165, 1.54) is 4.90 Å². The van der Waals surface area contributed by atoms with Crippen LogP contribution in [0.5, 0.6) is 0 Å². The van der Waals surface area contributed by atoms with Crippen LogP contribution >= 0.6 is 11.8 Å². The molecule has 2 rings (SSSR count). The van der Waals surface area contributed by atoms with Crippen molar-refractivity contribution in [2.45, 2.75) is 24.3 Å². The van der Waals surface area contributed by atoms with Crippen molar-refractivity contribution in [3.8, 4) is 0 Å². The van der Waals surface area contributed by atoms with Gasteiger partial charge in [-0.3, -0.25) is 4.79 Å². The monoisotopic (exact) mass is 207 g/mol. The summed E-state index contributed by atoms with van der Waals surface area (Å²) >= 11 is 1.78. The molecule has 1 aromatic carbocycles. The van der Waals surface area contributed by atoms with Gasteiger partial charge in [-0.25, -0.2) is 0 Å². The van der Waals surface area contributed by atoms with Gasteiger partial charge in [0, 0.05) is 22.9 Å². The van der Waals surface area contributed by atoms with Gasteiger partial charge in [-0.1, -0.05) is 6.92 Å². The lowest BCUT2D eigenvalue weighted by molar-refractivity contribution is 0.0989. The number of fused-ring (bicyclic) bond motifs is 1. The van der Waals surface area contributed by atoms with Crippen LogP contribution in [0.3, 0.4) is 0 Å². The average molecular weight is 207 g/mol. The summed E-state index contributed by atoms with van der Waals surface area (Å²) in [5.74, 6) is 1.22. The number of ketones is 1. The Morgan fingerprint density at radius 3 is 3.07 bits per heavy atom. The molecule has 0 spiro atoms. The number of Topliss-reactive ketones (excluding diaryl/α,β-unsaturated/α-hetero) is 1. The summed E-state index contributed by atoms with van der Waals surface area (Å²) in [6, 6.07) is 5.87. The maximum Gasteiger partial charge on any atom is 0.165 e. The number of hydrogen-bond donors (Lipinski definition) is 1. The molecule has 1 unspecified atom stereocenters. The summed E-state index contributed by atoms with van der Waals surface area (Å²) in [5.41, 5.74) is 7.71. The molecule has 2 nitrogen and oxygen atoms in total. The Hall–Kier alpha value is -0.800. The summed E-state index contributed by atoms with van der Waals surface area (Å²) in [7, 11) is 0. The highest BCUT2D eigenvalue weighted by molar-refractivity contribution is 7.99. The molecule has 1 aromatic rings. The van der Waals surface area contributed by atoms with E-state index in [1.807, 2.05) is 12.1 Å². The lowest BCUT2D eigenvalue weighted by atomic mass is 10.1. The Bertz CT molecular complexity index is 376. The minimum absolute atomic E-state index is 0.0880. The smallest absolute Gasteiger partial charge is 0.165 e. The van der Waals surface area contributed by atoms with Crippen molar-refractivity contribution in [1.82, 2.24) is 0 Å². The third kappa shape index (κ3) is 1.57. The summed E-state index contributed by atoms with van der Waals surface area (Å²) in [6.07, 6.45) is 0.468. The predicted molar refractivity (Wildman–Crippen MR) is 58.7 cm³/mol. The van der Waals surface area contributed by atoms with Crippen molar-refractivity contribution in [2.24, 2.45) is 5.73 Å². The minimum Gasteiger partial charge on any atom is -0.324 e. The highest BCUT2D eigenvalue weighted by Crippen LogP contribution is 2.32. The maximum atomic E-state index is 11.5. The van der Waals surface area contributed by atoms with Crippen LogP contribution in [0.2, 0.25) is 0 Å². The predicted octanol–water partition coefficient (Wildman–Crippen LogP) is 2.38. The second kappa shape index (κ2) is 3.75. The van der Waals surface area contributed by atoms with Crippen molar-refractivity contribution < 1.29 is 4.79 Å². The molecule has 0 heterocycles. The first-order valence-electron chi connectivity index (χ1n) is 4.78. The number of nitrogens with two attached hydrogens (primary N) is 1. The number of carbonyl (C=O) groups is 1. The van der Waals surface area contributed by atoms with E-state index in [9.17, 15) is 4.79 Å². The summed E-state index contributed by atoms with van der Waals surface area (Å²) in [4.78, 5) is 12.7. The Balaban J connectivity index is 2.39. The first kappa shape index (κ1) is 9.74. The average Bonchev–Trinajstić information content (AvgIpc) is 2.43. The van der Waals surface area contributed by atoms with Crippen molar-refractivity contribution in [3.05, 3.63) is 29.3 Å². The molecule has 0 aromatic heterocycles. The lowest BCUT2D eigenvalue weighted by Gasteiger charge is -2.05. The summed E-state index contributed by atoms with van der Waals surface area (Å²) in [5, 5.41) is 0. The highest BCUT2D eigenvalue weighted by Gasteiger charge is 2.26. The van der Waals surface area contributed by atoms with E-state index in [4.69, 9.17) is 5.73 Å². The van der Waals surface area contributed by atoms with Crippen molar-refractivity contribution >= 4 is 17.5 Å². The summed E-state index contributed by atoms with van der Waals surface area (Å²) in [6.45, 7) is 2.11. The van der Waals surface area contributed by atoms with Crippen LogP contribution in [-0.4, -0.2) is 11.5 Å². The van der Waals surface area contributed by atoms with Gasteiger partial charge >= 0.3 is 0 Å². The first-order chi connectivity index (χ1) is 6.72. The molecule has 74 valence electrons. The SMILES string of the molecule is CCSc1ccc2c(c1)C(N)CC2=O. The number of thioether (sulfide) groups is 1. The fourth-order valence-corrected chi connectivity index (χ4v) is 2.49. The van der Waals surface area contributed by atoms with Crippen molar-refractivity contribution in [2.75, 3.05) is 5.75 Å². The van der Waals surface area contributed by atoms with Crippen LogP contribution in [-0.2, 0) is 0 Å². The van der Waals surface area contributed by atoms with Crippen LogP contribution in [0.4, 0.5) is 0 Å². The molecule has 0 amide bonds. The van der Waals surface area contributed by atoms with E-state index in [0.717, 1.165) is 16.9 Å². The molecule has 1 aliphatic carbocycles. The Morgan fingerprint density at radius 1 is 1.57 bits per heavy atom. The minimum atomic E-state index is -0.0880. The Morgan fingerprint density at radius 2 is 2.36 bits per heavy atom. The Labute approximate surface area is 87.9 Å². The van der Waals surface area contributed by atoms with Crippen LogP contribution < -0.4 is 5.73 Å². The molecule has 2 N–H and O–H groups in total. The zero-order valence-corrected chi connectivity index (χ0v) is 8.93. The quantitative estimate of drug-likeness (QED) is 0.757. The molecule has 3 heteroatoms. The number of carbonyl (C=O) groups excluding carboxylic acids is 1.